The number of carbonyl (C=O) groups excluding carboxylic acids is 1. The summed E-state index contributed by atoms with van der Waals surface area (Å²) in [6, 6.07) is 13.5. The quantitative estimate of drug-likeness (QED) is 0.641. The van der Waals surface area contributed by atoms with Gasteiger partial charge < -0.3 is 9.80 Å². The number of nitrogens with zero attached hydrogens (tertiary/aromatic N) is 4. The van der Waals surface area contributed by atoms with E-state index in [1.807, 2.05) is 0 Å². The summed E-state index contributed by atoms with van der Waals surface area (Å²) >= 11 is 1.68. The van der Waals surface area contributed by atoms with Gasteiger partial charge in [0.05, 0.1) is 5.39 Å². The van der Waals surface area contributed by atoms with E-state index < -0.39 is 0 Å². The van der Waals surface area contributed by atoms with Crippen LogP contribution in [0.5, 0.6) is 0 Å². The Morgan fingerprint density at radius 2 is 1.93 bits per heavy atom. The Morgan fingerprint density at radius 1 is 1.07 bits per heavy atom. The van der Waals surface area contributed by atoms with Crippen molar-refractivity contribution in [3.8, 4) is 0 Å². The van der Waals surface area contributed by atoms with E-state index in [-0.39, 0.29) is 6.04 Å². The largest absolute Gasteiger partial charge is 0.355 e. The molecule has 0 saturated carbocycles. The maximum Gasteiger partial charge on any atom is 0.223 e. The lowest BCUT2D eigenvalue weighted by atomic mass is 9.70. The zero-order valence-corrected chi connectivity index (χ0v) is 17.8. The van der Waals surface area contributed by atoms with Crippen LogP contribution in [0.25, 0.3) is 10.2 Å². The summed E-state index contributed by atoms with van der Waals surface area (Å²) in [6.07, 6.45) is 6.76. The summed E-state index contributed by atoms with van der Waals surface area (Å²) in [7, 11) is 0. The SMILES string of the molecule is O=C1CCC[C@H]2[C@@H]3C[C@@H](CN(c4ncnc5sccc45)C3)[C@H](Cc3ccccc3)N12. The Morgan fingerprint density at radius 3 is 2.83 bits per heavy atom. The van der Waals surface area contributed by atoms with Gasteiger partial charge in [-0.05, 0) is 54.5 Å². The standard InChI is InChI=1S/C24H26N4OS/c29-22-8-4-7-20-17-12-18(21(28(20)22)11-16-5-2-1-3-6-16)14-27(13-17)23-19-9-10-30-24(19)26-15-25-23/h1-3,5-6,9-10,15,17-18,20-21H,4,7-8,11-14H2/t17-,18+,20+,21+/m1/s1. The van der Waals surface area contributed by atoms with Crippen molar-refractivity contribution in [3.63, 3.8) is 0 Å². The van der Waals surface area contributed by atoms with E-state index in [2.05, 4.69) is 56.6 Å². The summed E-state index contributed by atoms with van der Waals surface area (Å²) in [5.41, 5.74) is 1.33. The normalized spacial score (nSPS) is 28.6. The molecule has 154 valence electrons. The number of rotatable bonds is 3. The van der Waals surface area contributed by atoms with Crippen molar-refractivity contribution in [2.24, 2.45) is 11.8 Å². The lowest BCUT2D eigenvalue weighted by Crippen LogP contribution is -2.65. The van der Waals surface area contributed by atoms with Gasteiger partial charge in [-0.1, -0.05) is 30.3 Å². The molecule has 2 aromatic heterocycles. The van der Waals surface area contributed by atoms with Crippen molar-refractivity contribution in [2.75, 3.05) is 18.0 Å². The number of thiophene rings is 1. The van der Waals surface area contributed by atoms with E-state index in [9.17, 15) is 4.79 Å². The second kappa shape index (κ2) is 7.34. The minimum absolute atomic E-state index is 0.282. The average molecular weight is 419 g/mol. The van der Waals surface area contributed by atoms with Gasteiger partial charge in [0.2, 0.25) is 5.91 Å². The number of carbonyl (C=O) groups is 1. The Kier molecular flexibility index (Phi) is 4.48. The van der Waals surface area contributed by atoms with Gasteiger partial charge in [0.25, 0.3) is 0 Å². The van der Waals surface area contributed by atoms with Crippen LogP contribution in [-0.4, -0.2) is 45.9 Å². The minimum atomic E-state index is 0.282. The van der Waals surface area contributed by atoms with Crippen LogP contribution in [-0.2, 0) is 11.2 Å². The third kappa shape index (κ3) is 3.00. The summed E-state index contributed by atoms with van der Waals surface area (Å²) in [4.78, 5) is 28.1. The number of piperidine rings is 3. The number of hydrogen-bond donors (Lipinski definition) is 0. The Balaban J connectivity index is 1.37. The summed E-state index contributed by atoms with van der Waals surface area (Å²) in [6.45, 7) is 1.96. The molecule has 1 amide bonds. The lowest BCUT2D eigenvalue weighted by Gasteiger charge is -2.57. The van der Waals surface area contributed by atoms with Crippen molar-refractivity contribution in [1.29, 1.82) is 0 Å². The van der Waals surface area contributed by atoms with Crippen molar-refractivity contribution in [3.05, 3.63) is 53.7 Å². The van der Waals surface area contributed by atoms with Gasteiger partial charge >= 0.3 is 0 Å². The molecule has 3 aliphatic rings. The number of benzene rings is 1. The fourth-order valence-electron chi connectivity index (χ4n) is 6.10. The van der Waals surface area contributed by atoms with Gasteiger partial charge in [-0.2, -0.15) is 0 Å². The molecule has 6 heteroatoms. The Labute approximate surface area is 180 Å². The molecule has 4 atom stereocenters. The monoisotopic (exact) mass is 418 g/mol. The Hall–Kier alpha value is -2.47. The molecule has 0 aliphatic carbocycles. The predicted molar refractivity (Wildman–Crippen MR) is 120 cm³/mol. The maximum absolute atomic E-state index is 13.0. The third-order valence-electron chi connectivity index (χ3n) is 7.32. The van der Waals surface area contributed by atoms with E-state index in [4.69, 9.17) is 4.98 Å². The molecule has 5 nitrogen and oxygen atoms in total. The summed E-state index contributed by atoms with van der Waals surface area (Å²) < 4.78 is 0. The highest BCUT2D eigenvalue weighted by Gasteiger charge is 2.49. The molecule has 2 bridgehead atoms. The van der Waals surface area contributed by atoms with Crippen LogP contribution >= 0.6 is 11.3 Å². The molecule has 3 aliphatic heterocycles. The van der Waals surface area contributed by atoms with Gasteiger partial charge in [0.1, 0.15) is 17.0 Å². The van der Waals surface area contributed by atoms with E-state index in [0.29, 0.717) is 30.2 Å². The van der Waals surface area contributed by atoms with Gasteiger partial charge in [0, 0.05) is 31.6 Å². The first kappa shape index (κ1) is 18.3. The first-order chi connectivity index (χ1) is 14.8. The van der Waals surface area contributed by atoms with Crippen LogP contribution in [0.1, 0.15) is 31.2 Å². The van der Waals surface area contributed by atoms with Crippen LogP contribution in [0.4, 0.5) is 5.82 Å². The fraction of sp³-hybridized carbons (Fsp3) is 0.458. The van der Waals surface area contributed by atoms with Crippen LogP contribution in [0.15, 0.2) is 48.1 Å². The van der Waals surface area contributed by atoms with Gasteiger partial charge in [-0.25, -0.2) is 9.97 Å². The highest BCUT2D eigenvalue weighted by atomic mass is 32.1. The van der Waals surface area contributed by atoms with Gasteiger partial charge in [-0.15, -0.1) is 11.3 Å². The second-order valence-corrected chi connectivity index (χ2v) is 9.91. The molecule has 0 unspecified atom stereocenters. The zero-order chi connectivity index (χ0) is 20.1. The zero-order valence-electron chi connectivity index (χ0n) is 17.0. The smallest absolute Gasteiger partial charge is 0.223 e. The van der Waals surface area contributed by atoms with Crippen LogP contribution in [0, 0.1) is 11.8 Å². The number of aromatic nitrogens is 2. The summed E-state index contributed by atoms with van der Waals surface area (Å²) in [5.74, 6) is 2.46. The second-order valence-electron chi connectivity index (χ2n) is 9.02. The van der Waals surface area contributed by atoms with E-state index in [0.717, 1.165) is 43.0 Å². The molecule has 0 spiro atoms. The first-order valence-corrected chi connectivity index (χ1v) is 11.9. The number of fused-ring (bicyclic) bond motifs is 5. The molecule has 3 aromatic rings. The van der Waals surface area contributed by atoms with Gasteiger partial charge in [0.15, 0.2) is 0 Å². The van der Waals surface area contributed by atoms with E-state index in [1.54, 1.807) is 17.7 Å². The number of anilines is 1. The molecular weight excluding hydrogens is 392 g/mol. The Bertz CT molecular complexity index is 1070. The van der Waals surface area contributed by atoms with Crippen molar-refractivity contribution in [2.45, 2.75) is 44.2 Å². The van der Waals surface area contributed by atoms with Crippen LogP contribution in [0.2, 0.25) is 0 Å². The van der Waals surface area contributed by atoms with E-state index >= 15 is 0 Å². The predicted octanol–water partition coefficient (Wildman–Crippen LogP) is 4.14. The van der Waals surface area contributed by atoms with Crippen LogP contribution < -0.4 is 4.90 Å². The van der Waals surface area contributed by atoms with Crippen LogP contribution in [0.3, 0.4) is 0 Å². The molecule has 30 heavy (non-hydrogen) atoms. The van der Waals surface area contributed by atoms with Crippen molar-refractivity contribution in [1.82, 2.24) is 14.9 Å². The molecule has 1 aromatic carbocycles. The fourth-order valence-corrected chi connectivity index (χ4v) is 6.82. The molecular formula is C24H26N4OS. The average Bonchev–Trinajstić information content (AvgIpc) is 3.26. The third-order valence-corrected chi connectivity index (χ3v) is 8.15. The van der Waals surface area contributed by atoms with E-state index in [1.165, 1.54) is 17.4 Å². The topological polar surface area (TPSA) is 49.3 Å². The lowest BCUT2D eigenvalue weighted by molar-refractivity contribution is -0.148. The summed E-state index contributed by atoms with van der Waals surface area (Å²) in [5, 5.41) is 3.27. The molecule has 5 heterocycles. The van der Waals surface area contributed by atoms with Gasteiger partial charge in [-0.3, -0.25) is 4.79 Å². The van der Waals surface area contributed by atoms with Crippen molar-refractivity contribution >= 4 is 33.3 Å². The minimum Gasteiger partial charge on any atom is -0.355 e. The maximum atomic E-state index is 13.0. The molecule has 3 fully saturated rings. The number of hydrogen-bond acceptors (Lipinski definition) is 5. The molecule has 6 rings (SSSR count). The highest BCUT2D eigenvalue weighted by Crippen LogP contribution is 2.44. The van der Waals surface area contributed by atoms with Crippen molar-refractivity contribution < 1.29 is 4.79 Å². The highest BCUT2D eigenvalue weighted by molar-refractivity contribution is 7.16. The number of amides is 1. The molecule has 0 radical (unpaired) electrons. The molecule has 3 saturated heterocycles. The molecule has 0 N–H and O–H groups in total. The first-order valence-electron chi connectivity index (χ1n) is 11.1.